The minimum Gasteiger partial charge on any atom is -0.353 e. The van der Waals surface area contributed by atoms with Crippen LogP contribution < -0.4 is 10.5 Å². The molecule has 5 nitrogen and oxygen atoms in total. The van der Waals surface area contributed by atoms with Gasteiger partial charge >= 0.3 is 0 Å². The first-order chi connectivity index (χ1) is 9.17. The number of allylic oxidation sites excluding steroid dienone is 2. The van der Waals surface area contributed by atoms with Crippen molar-refractivity contribution in [2.45, 2.75) is 31.6 Å². The van der Waals surface area contributed by atoms with Gasteiger partial charge in [0.1, 0.15) is 0 Å². The minimum atomic E-state index is -3.69. The Kier molecular flexibility index (Phi) is 3.71. The Labute approximate surface area is 118 Å². The number of nitrogens with two attached hydrogens (primary N) is 1. The second kappa shape index (κ2) is 5.03. The summed E-state index contributed by atoms with van der Waals surface area (Å²) in [5.41, 5.74) is 1.23. The fourth-order valence-electron chi connectivity index (χ4n) is 2.10. The molecule has 0 aliphatic heterocycles. The molecule has 1 aliphatic rings. The normalized spacial score (nSPS) is 18.6. The number of anilines is 1. The van der Waals surface area contributed by atoms with Crippen LogP contribution in [0.1, 0.15) is 26.7 Å². The van der Waals surface area contributed by atoms with Crippen LogP contribution in [-0.2, 0) is 14.8 Å². The van der Waals surface area contributed by atoms with Gasteiger partial charge in [-0.15, -0.1) is 0 Å². The lowest BCUT2D eigenvalue weighted by Gasteiger charge is -2.27. The van der Waals surface area contributed by atoms with E-state index in [1.54, 1.807) is 12.1 Å². The standard InChI is InChI=1S/C14H18N2O3S/c1-14(2)8-7-12(13(17)9-14)16-10-3-5-11(6-4-10)20(15,18)19/h3-7,16H,8-9H2,1-2H3,(H2,15,18,19). The highest BCUT2D eigenvalue weighted by molar-refractivity contribution is 7.89. The van der Waals surface area contributed by atoms with Gasteiger partial charge in [0.2, 0.25) is 10.0 Å². The van der Waals surface area contributed by atoms with Gasteiger partial charge < -0.3 is 5.32 Å². The molecule has 0 radical (unpaired) electrons. The highest BCUT2D eigenvalue weighted by Gasteiger charge is 2.27. The van der Waals surface area contributed by atoms with E-state index in [9.17, 15) is 13.2 Å². The number of rotatable bonds is 3. The molecule has 0 unspecified atom stereocenters. The van der Waals surface area contributed by atoms with E-state index in [2.05, 4.69) is 19.2 Å². The van der Waals surface area contributed by atoms with Crippen LogP contribution >= 0.6 is 0 Å². The predicted octanol–water partition coefficient (Wildman–Crippen LogP) is 2.02. The summed E-state index contributed by atoms with van der Waals surface area (Å²) >= 11 is 0. The van der Waals surface area contributed by atoms with Crippen LogP contribution in [0.3, 0.4) is 0 Å². The topological polar surface area (TPSA) is 89.3 Å². The number of ketones is 1. The third-order valence-corrected chi connectivity index (χ3v) is 4.19. The fraction of sp³-hybridized carbons (Fsp3) is 0.357. The number of benzene rings is 1. The Balaban J connectivity index is 2.15. The molecule has 0 aromatic heterocycles. The molecular formula is C14H18N2O3S. The lowest BCUT2D eigenvalue weighted by molar-refractivity contribution is -0.117. The molecule has 0 atom stereocenters. The summed E-state index contributed by atoms with van der Waals surface area (Å²) in [5.74, 6) is 0.0665. The van der Waals surface area contributed by atoms with E-state index in [0.29, 0.717) is 17.8 Å². The summed E-state index contributed by atoms with van der Waals surface area (Å²) < 4.78 is 22.3. The van der Waals surface area contributed by atoms with Crippen molar-refractivity contribution in [2.75, 3.05) is 5.32 Å². The molecule has 20 heavy (non-hydrogen) atoms. The van der Waals surface area contributed by atoms with Crippen molar-refractivity contribution >= 4 is 21.5 Å². The average Bonchev–Trinajstić information content (AvgIpc) is 2.32. The number of hydrogen-bond donors (Lipinski definition) is 2. The molecule has 0 saturated carbocycles. The van der Waals surface area contributed by atoms with Crippen LogP contribution in [-0.4, -0.2) is 14.2 Å². The van der Waals surface area contributed by atoms with Crippen LogP contribution in [0, 0.1) is 5.41 Å². The maximum Gasteiger partial charge on any atom is 0.238 e. The molecule has 1 aliphatic carbocycles. The average molecular weight is 294 g/mol. The van der Waals surface area contributed by atoms with Crippen molar-refractivity contribution in [3.63, 3.8) is 0 Å². The van der Waals surface area contributed by atoms with Gasteiger partial charge in [0.25, 0.3) is 0 Å². The lowest BCUT2D eigenvalue weighted by Crippen LogP contribution is -2.25. The zero-order valence-electron chi connectivity index (χ0n) is 11.5. The second-order valence-corrected chi connectivity index (χ2v) is 7.34. The van der Waals surface area contributed by atoms with E-state index in [1.807, 2.05) is 6.08 Å². The lowest BCUT2D eigenvalue weighted by atomic mass is 9.79. The van der Waals surface area contributed by atoms with Gasteiger partial charge in [0.05, 0.1) is 10.6 Å². The first-order valence-electron chi connectivity index (χ1n) is 6.31. The fourth-order valence-corrected chi connectivity index (χ4v) is 2.61. The van der Waals surface area contributed by atoms with Crippen molar-refractivity contribution in [2.24, 2.45) is 10.6 Å². The van der Waals surface area contributed by atoms with Crippen LogP contribution in [0.15, 0.2) is 40.9 Å². The molecule has 1 aromatic rings. The maximum absolute atomic E-state index is 12.0. The summed E-state index contributed by atoms with van der Waals surface area (Å²) in [6.45, 7) is 4.11. The Hall–Kier alpha value is -1.66. The molecule has 6 heteroatoms. The predicted molar refractivity (Wildman–Crippen MR) is 77.5 cm³/mol. The number of carbonyl (C=O) groups excluding carboxylic acids is 1. The molecule has 108 valence electrons. The first-order valence-corrected chi connectivity index (χ1v) is 7.85. The van der Waals surface area contributed by atoms with Gasteiger partial charge in [-0.3, -0.25) is 4.79 Å². The second-order valence-electron chi connectivity index (χ2n) is 5.78. The Morgan fingerprint density at radius 3 is 2.30 bits per heavy atom. The van der Waals surface area contributed by atoms with Crippen molar-refractivity contribution in [1.29, 1.82) is 0 Å². The zero-order chi connectivity index (χ0) is 15.0. The molecule has 2 rings (SSSR count). The third kappa shape index (κ3) is 3.46. The molecule has 1 aromatic carbocycles. The molecule has 0 spiro atoms. The van der Waals surface area contributed by atoms with Crippen molar-refractivity contribution in [1.82, 2.24) is 0 Å². The number of primary sulfonamides is 1. The van der Waals surface area contributed by atoms with Crippen LogP contribution in [0.5, 0.6) is 0 Å². The van der Waals surface area contributed by atoms with E-state index >= 15 is 0 Å². The van der Waals surface area contributed by atoms with Gasteiger partial charge in [-0.1, -0.05) is 19.9 Å². The van der Waals surface area contributed by atoms with E-state index in [0.717, 1.165) is 6.42 Å². The molecule has 0 saturated heterocycles. The SMILES string of the molecule is CC1(C)CC=C(Nc2ccc(S(N)(=O)=O)cc2)C(=O)C1. The number of Topliss-reactive ketones (excluding diaryl/α,β-unsaturated/α-hetero) is 1. The number of nitrogens with one attached hydrogen (secondary N) is 1. The molecular weight excluding hydrogens is 276 g/mol. The van der Waals surface area contributed by atoms with Gasteiger partial charge in [0, 0.05) is 12.1 Å². The van der Waals surface area contributed by atoms with Gasteiger partial charge in [-0.2, -0.15) is 0 Å². The molecule has 0 heterocycles. The van der Waals surface area contributed by atoms with Gasteiger partial charge in [-0.05, 0) is 36.1 Å². The summed E-state index contributed by atoms with van der Waals surface area (Å²) in [6.07, 6.45) is 3.22. The van der Waals surface area contributed by atoms with Crippen LogP contribution in [0.25, 0.3) is 0 Å². The molecule has 3 N–H and O–H groups in total. The van der Waals surface area contributed by atoms with E-state index in [4.69, 9.17) is 5.14 Å². The van der Waals surface area contributed by atoms with Gasteiger partial charge in [-0.25, -0.2) is 13.6 Å². The molecule has 0 amide bonds. The van der Waals surface area contributed by atoms with E-state index in [-0.39, 0.29) is 16.1 Å². The quantitative estimate of drug-likeness (QED) is 0.892. The highest BCUT2D eigenvalue weighted by Crippen LogP contribution is 2.32. The summed E-state index contributed by atoms with van der Waals surface area (Å²) in [4.78, 5) is 12.0. The highest BCUT2D eigenvalue weighted by atomic mass is 32.2. The monoisotopic (exact) mass is 294 g/mol. The minimum absolute atomic E-state index is 0.000249. The summed E-state index contributed by atoms with van der Waals surface area (Å²) in [5, 5.41) is 8.05. The van der Waals surface area contributed by atoms with Crippen molar-refractivity contribution in [3.05, 3.63) is 36.0 Å². The first kappa shape index (κ1) is 14.7. The Bertz CT molecular complexity index is 658. The molecule has 0 fully saturated rings. The van der Waals surface area contributed by atoms with E-state index < -0.39 is 10.0 Å². The van der Waals surface area contributed by atoms with Crippen LogP contribution in [0.4, 0.5) is 5.69 Å². The largest absolute Gasteiger partial charge is 0.353 e. The van der Waals surface area contributed by atoms with Gasteiger partial charge in [0.15, 0.2) is 5.78 Å². The number of hydrogen-bond acceptors (Lipinski definition) is 4. The van der Waals surface area contributed by atoms with Crippen molar-refractivity contribution < 1.29 is 13.2 Å². The van der Waals surface area contributed by atoms with E-state index in [1.165, 1.54) is 12.1 Å². The number of carbonyl (C=O) groups is 1. The number of sulfonamides is 1. The zero-order valence-corrected chi connectivity index (χ0v) is 12.3. The Morgan fingerprint density at radius 2 is 1.80 bits per heavy atom. The van der Waals surface area contributed by atoms with Crippen molar-refractivity contribution in [3.8, 4) is 0 Å². The smallest absolute Gasteiger partial charge is 0.238 e. The van der Waals surface area contributed by atoms with Crippen LogP contribution in [0.2, 0.25) is 0 Å². The Morgan fingerprint density at radius 1 is 1.20 bits per heavy atom. The maximum atomic E-state index is 12.0. The molecule has 0 bridgehead atoms. The third-order valence-electron chi connectivity index (χ3n) is 3.26. The summed E-state index contributed by atoms with van der Waals surface area (Å²) in [6, 6.07) is 6.01. The summed E-state index contributed by atoms with van der Waals surface area (Å²) in [7, 11) is -3.69.